The second-order valence-electron chi connectivity index (χ2n) is 6.31. The van der Waals surface area contributed by atoms with Crippen molar-refractivity contribution in [3.8, 4) is 5.69 Å². The third-order valence-corrected chi connectivity index (χ3v) is 4.18. The average molecular weight is 346 g/mol. The SMILES string of the molecule is COCCN(CC1CC1)C(=O)NCc1cnn(-c2cccc(F)c2)c1. The molecule has 0 spiro atoms. The van der Waals surface area contributed by atoms with Gasteiger partial charge in [0.05, 0.1) is 18.5 Å². The summed E-state index contributed by atoms with van der Waals surface area (Å²) in [5.74, 6) is 0.315. The monoisotopic (exact) mass is 346 g/mol. The summed E-state index contributed by atoms with van der Waals surface area (Å²) < 4.78 is 20.0. The number of aromatic nitrogens is 2. The molecule has 1 saturated carbocycles. The third-order valence-electron chi connectivity index (χ3n) is 4.18. The normalized spacial score (nSPS) is 13.7. The molecular weight excluding hydrogens is 323 g/mol. The number of nitrogens with zero attached hydrogens (tertiary/aromatic N) is 3. The number of carbonyl (C=O) groups is 1. The molecule has 2 aromatic rings. The van der Waals surface area contributed by atoms with E-state index < -0.39 is 0 Å². The zero-order valence-electron chi connectivity index (χ0n) is 14.3. The van der Waals surface area contributed by atoms with Crippen molar-refractivity contribution in [1.82, 2.24) is 20.0 Å². The molecule has 0 radical (unpaired) electrons. The molecule has 1 N–H and O–H groups in total. The van der Waals surface area contributed by atoms with Gasteiger partial charge in [-0.15, -0.1) is 0 Å². The molecule has 25 heavy (non-hydrogen) atoms. The molecule has 1 heterocycles. The second-order valence-corrected chi connectivity index (χ2v) is 6.31. The van der Waals surface area contributed by atoms with Gasteiger partial charge in [0.2, 0.25) is 0 Å². The standard InChI is InChI=1S/C18H23FN4O2/c1-25-8-7-22(12-14-5-6-14)18(24)20-10-15-11-21-23(13-15)17-4-2-3-16(19)9-17/h2-4,9,11,13-14H,5-8,10,12H2,1H3,(H,20,24). The fourth-order valence-electron chi connectivity index (χ4n) is 2.59. The highest BCUT2D eigenvalue weighted by Crippen LogP contribution is 2.29. The number of methoxy groups -OCH3 is 1. The molecule has 1 fully saturated rings. The molecule has 2 amide bonds. The lowest BCUT2D eigenvalue weighted by atomic mass is 10.3. The van der Waals surface area contributed by atoms with E-state index in [4.69, 9.17) is 4.74 Å². The van der Waals surface area contributed by atoms with Gasteiger partial charge in [-0.2, -0.15) is 5.10 Å². The molecule has 0 unspecified atom stereocenters. The molecule has 1 aliphatic rings. The predicted octanol–water partition coefficient (Wildman–Crippen LogP) is 2.58. The molecule has 1 aromatic carbocycles. The van der Waals surface area contributed by atoms with Crippen LogP contribution in [-0.2, 0) is 11.3 Å². The Morgan fingerprint density at radius 1 is 1.48 bits per heavy atom. The summed E-state index contributed by atoms with van der Waals surface area (Å²) in [4.78, 5) is 14.2. The maximum Gasteiger partial charge on any atom is 0.317 e. The van der Waals surface area contributed by atoms with Crippen LogP contribution in [0.25, 0.3) is 5.69 Å². The molecular formula is C18H23FN4O2. The summed E-state index contributed by atoms with van der Waals surface area (Å²) >= 11 is 0. The van der Waals surface area contributed by atoms with Gasteiger partial charge in [-0.1, -0.05) is 6.07 Å². The molecule has 0 saturated heterocycles. The van der Waals surface area contributed by atoms with Crippen LogP contribution in [0.15, 0.2) is 36.7 Å². The quantitative estimate of drug-likeness (QED) is 0.799. The Morgan fingerprint density at radius 3 is 3.04 bits per heavy atom. The third kappa shape index (κ3) is 5.03. The number of hydrogen-bond donors (Lipinski definition) is 1. The van der Waals surface area contributed by atoms with E-state index in [0.29, 0.717) is 31.3 Å². The van der Waals surface area contributed by atoms with Crippen LogP contribution in [0, 0.1) is 11.7 Å². The van der Waals surface area contributed by atoms with Crippen LogP contribution in [0.5, 0.6) is 0 Å². The Bertz CT molecular complexity index is 715. The first-order valence-corrected chi connectivity index (χ1v) is 8.47. The summed E-state index contributed by atoms with van der Waals surface area (Å²) in [6.07, 6.45) is 5.84. The molecule has 134 valence electrons. The number of carbonyl (C=O) groups excluding carboxylic acids is 1. The average Bonchev–Trinajstić information content (AvgIpc) is 3.30. The van der Waals surface area contributed by atoms with Crippen molar-refractivity contribution < 1.29 is 13.9 Å². The minimum Gasteiger partial charge on any atom is -0.383 e. The van der Waals surface area contributed by atoms with Gasteiger partial charge in [-0.05, 0) is 37.0 Å². The first kappa shape index (κ1) is 17.4. The Kier molecular flexibility index (Phi) is 5.65. The number of amides is 2. The van der Waals surface area contributed by atoms with Crippen molar-refractivity contribution in [2.75, 3.05) is 26.8 Å². The molecule has 7 heteroatoms. The minimum absolute atomic E-state index is 0.0949. The lowest BCUT2D eigenvalue weighted by Gasteiger charge is -2.22. The molecule has 1 aromatic heterocycles. The first-order chi connectivity index (χ1) is 12.2. The number of urea groups is 1. The zero-order chi connectivity index (χ0) is 17.6. The molecule has 3 rings (SSSR count). The largest absolute Gasteiger partial charge is 0.383 e. The molecule has 0 aliphatic heterocycles. The first-order valence-electron chi connectivity index (χ1n) is 8.47. The van der Waals surface area contributed by atoms with Crippen molar-refractivity contribution >= 4 is 6.03 Å². The lowest BCUT2D eigenvalue weighted by molar-refractivity contribution is 0.147. The maximum absolute atomic E-state index is 13.3. The Morgan fingerprint density at radius 2 is 2.32 bits per heavy atom. The molecule has 0 atom stereocenters. The van der Waals surface area contributed by atoms with E-state index in [2.05, 4.69) is 10.4 Å². The van der Waals surface area contributed by atoms with Crippen molar-refractivity contribution in [2.45, 2.75) is 19.4 Å². The number of halogens is 1. The summed E-state index contributed by atoms with van der Waals surface area (Å²) in [6, 6.07) is 6.13. The van der Waals surface area contributed by atoms with E-state index in [1.54, 1.807) is 41.2 Å². The van der Waals surface area contributed by atoms with Gasteiger partial charge in [0.15, 0.2) is 0 Å². The topological polar surface area (TPSA) is 59.4 Å². The fraction of sp³-hybridized carbons (Fsp3) is 0.444. The second kappa shape index (κ2) is 8.11. The van der Waals surface area contributed by atoms with E-state index >= 15 is 0 Å². The number of benzene rings is 1. The molecule has 6 nitrogen and oxygen atoms in total. The van der Waals surface area contributed by atoms with Crippen LogP contribution < -0.4 is 5.32 Å². The Balaban J connectivity index is 1.56. The van der Waals surface area contributed by atoms with Gasteiger partial charge in [-0.3, -0.25) is 0 Å². The Labute approximate surface area is 146 Å². The minimum atomic E-state index is -0.309. The smallest absolute Gasteiger partial charge is 0.317 e. The van der Waals surface area contributed by atoms with E-state index in [9.17, 15) is 9.18 Å². The van der Waals surface area contributed by atoms with Crippen LogP contribution in [0.4, 0.5) is 9.18 Å². The highest BCUT2D eigenvalue weighted by atomic mass is 19.1. The van der Waals surface area contributed by atoms with Gasteiger partial charge in [0.1, 0.15) is 5.82 Å². The summed E-state index contributed by atoms with van der Waals surface area (Å²) in [5.41, 5.74) is 1.50. The van der Waals surface area contributed by atoms with E-state index in [0.717, 1.165) is 12.1 Å². The summed E-state index contributed by atoms with van der Waals surface area (Å²) in [6.45, 7) is 2.26. The highest BCUT2D eigenvalue weighted by molar-refractivity contribution is 5.74. The van der Waals surface area contributed by atoms with E-state index in [1.807, 2.05) is 0 Å². The fourth-order valence-corrected chi connectivity index (χ4v) is 2.59. The predicted molar refractivity (Wildman–Crippen MR) is 91.9 cm³/mol. The maximum atomic E-state index is 13.3. The van der Waals surface area contributed by atoms with E-state index in [1.165, 1.54) is 25.0 Å². The summed E-state index contributed by atoms with van der Waals surface area (Å²) in [5, 5.41) is 7.14. The van der Waals surface area contributed by atoms with Crippen LogP contribution in [0.3, 0.4) is 0 Å². The summed E-state index contributed by atoms with van der Waals surface area (Å²) in [7, 11) is 1.63. The van der Waals surface area contributed by atoms with Gasteiger partial charge in [0, 0.05) is 38.5 Å². The van der Waals surface area contributed by atoms with Crippen molar-refractivity contribution in [3.63, 3.8) is 0 Å². The zero-order valence-corrected chi connectivity index (χ0v) is 14.3. The van der Waals surface area contributed by atoms with Crippen molar-refractivity contribution in [1.29, 1.82) is 0 Å². The van der Waals surface area contributed by atoms with Crippen molar-refractivity contribution in [2.24, 2.45) is 5.92 Å². The number of rotatable bonds is 8. The number of hydrogen-bond acceptors (Lipinski definition) is 3. The highest BCUT2D eigenvalue weighted by Gasteiger charge is 2.26. The van der Waals surface area contributed by atoms with Gasteiger partial charge >= 0.3 is 6.03 Å². The van der Waals surface area contributed by atoms with Gasteiger partial charge in [-0.25, -0.2) is 13.9 Å². The van der Waals surface area contributed by atoms with Gasteiger partial charge < -0.3 is 15.0 Å². The van der Waals surface area contributed by atoms with Crippen LogP contribution in [-0.4, -0.2) is 47.5 Å². The van der Waals surface area contributed by atoms with E-state index in [-0.39, 0.29) is 11.8 Å². The van der Waals surface area contributed by atoms with Crippen LogP contribution >= 0.6 is 0 Å². The Hall–Kier alpha value is -2.41. The number of nitrogens with one attached hydrogen (secondary N) is 1. The van der Waals surface area contributed by atoms with Crippen LogP contribution in [0.2, 0.25) is 0 Å². The van der Waals surface area contributed by atoms with Crippen LogP contribution in [0.1, 0.15) is 18.4 Å². The number of ether oxygens (including phenoxy) is 1. The lowest BCUT2D eigenvalue weighted by Crippen LogP contribution is -2.42. The van der Waals surface area contributed by atoms with Gasteiger partial charge in [0.25, 0.3) is 0 Å². The molecule has 1 aliphatic carbocycles. The van der Waals surface area contributed by atoms with Crippen molar-refractivity contribution in [3.05, 3.63) is 48.0 Å². The molecule has 0 bridgehead atoms.